The van der Waals surface area contributed by atoms with E-state index in [1.165, 1.54) is 37.9 Å². The maximum atomic E-state index is 11.4. The van der Waals surface area contributed by atoms with Crippen molar-refractivity contribution < 1.29 is 9.53 Å². The summed E-state index contributed by atoms with van der Waals surface area (Å²) < 4.78 is 5.19. The number of benzene rings is 1. The summed E-state index contributed by atoms with van der Waals surface area (Å²) in [6.45, 7) is 11.4. The quantitative estimate of drug-likeness (QED) is 0.840. The van der Waals surface area contributed by atoms with E-state index in [0.717, 1.165) is 32.5 Å². The lowest BCUT2D eigenvalue weighted by atomic mass is 9.96. The average molecular weight is 376 g/mol. The van der Waals surface area contributed by atoms with E-state index in [1.807, 2.05) is 20.8 Å². The van der Waals surface area contributed by atoms with Crippen LogP contribution in [0, 0.1) is 0 Å². The third-order valence-corrected chi connectivity index (χ3v) is 4.78. The molecule has 1 saturated heterocycles. The van der Waals surface area contributed by atoms with E-state index >= 15 is 0 Å². The lowest BCUT2D eigenvalue weighted by Gasteiger charge is -2.27. The second-order valence-electron chi connectivity index (χ2n) is 8.49. The summed E-state index contributed by atoms with van der Waals surface area (Å²) in [5.74, 6) is 0. The Bertz CT molecular complexity index is 530. The second-order valence-corrected chi connectivity index (χ2v) is 8.49. The van der Waals surface area contributed by atoms with Crippen molar-refractivity contribution in [2.45, 2.75) is 71.1 Å². The fourth-order valence-corrected chi connectivity index (χ4v) is 3.43. The highest BCUT2D eigenvalue weighted by molar-refractivity contribution is 5.68. The third-order valence-electron chi connectivity index (χ3n) is 4.78. The van der Waals surface area contributed by atoms with Gasteiger partial charge in [-0.15, -0.1) is 0 Å². The molecule has 1 heterocycles. The molecule has 2 fully saturated rings. The summed E-state index contributed by atoms with van der Waals surface area (Å²) in [5, 5.41) is 6.27. The fraction of sp³-hybridized carbons (Fsp3) is 0.682. The van der Waals surface area contributed by atoms with Crippen molar-refractivity contribution in [3.05, 3.63) is 35.9 Å². The van der Waals surface area contributed by atoms with Crippen LogP contribution in [-0.4, -0.2) is 48.8 Å². The van der Waals surface area contributed by atoms with Crippen LogP contribution in [0.1, 0.15) is 58.4 Å². The molecule has 2 aliphatic rings. The molecule has 2 N–H and O–H groups in total. The molecular formula is C22H37N3O2. The summed E-state index contributed by atoms with van der Waals surface area (Å²) >= 11 is 0. The maximum absolute atomic E-state index is 11.4. The first-order valence-electron chi connectivity index (χ1n) is 10.4. The standard InChI is InChI=1S/C11H16N2.C11H21NO2/c1-2-4-11(5-3-1)10-13-8-6-12-7-9-13;1-11(2,3)14-10(13)12-9-7-5-4-6-8-9/h1-5,12H,6-10H2;9H,4-8H2,1-3H3,(H,12,13). The van der Waals surface area contributed by atoms with Crippen molar-refractivity contribution in [1.82, 2.24) is 15.5 Å². The van der Waals surface area contributed by atoms with Crippen LogP contribution in [0.25, 0.3) is 0 Å². The van der Waals surface area contributed by atoms with Gasteiger partial charge in [0.05, 0.1) is 0 Å². The highest BCUT2D eigenvalue weighted by Crippen LogP contribution is 2.18. The number of piperazine rings is 1. The van der Waals surface area contributed by atoms with Crippen molar-refractivity contribution >= 4 is 6.09 Å². The minimum atomic E-state index is -0.390. The molecule has 0 bridgehead atoms. The van der Waals surface area contributed by atoms with Gasteiger partial charge in [0.25, 0.3) is 0 Å². The van der Waals surface area contributed by atoms with E-state index in [2.05, 4.69) is 45.9 Å². The zero-order valence-corrected chi connectivity index (χ0v) is 17.3. The zero-order chi connectivity index (χ0) is 19.5. The summed E-state index contributed by atoms with van der Waals surface area (Å²) in [6, 6.07) is 11.0. The molecule has 0 spiro atoms. The Morgan fingerprint density at radius 1 is 1.11 bits per heavy atom. The Morgan fingerprint density at radius 2 is 1.74 bits per heavy atom. The molecule has 152 valence electrons. The summed E-state index contributed by atoms with van der Waals surface area (Å²) in [4.78, 5) is 13.9. The van der Waals surface area contributed by atoms with Crippen LogP contribution in [0.4, 0.5) is 4.79 Å². The van der Waals surface area contributed by atoms with Gasteiger partial charge in [0.15, 0.2) is 0 Å². The number of carbonyl (C=O) groups is 1. The topological polar surface area (TPSA) is 53.6 Å². The van der Waals surface area contributed by atoms with Gasteiger partial charge in [0, 0.05) is 38.8 Å². The number of ether oxygens (including phenoxy) is 1. The average Bonchev–Trinajstić information content (AvgIpc) is 2.63. The van der Waals surface area contributed by atoms with Crippen molar-refractivity contribution in [2.24, 2.45) is 0 Å². The number of nitrogens with one attached hydrogen (secondary N) is 2. The van der Waals surface area contributed by atoms with E-state index in [1.54, 1.807) is 0 Å². The minimum absolute atomic E-state index is 0.274. The molecule has 5 nitrogen and oxygen atoms in total. The van der Waals surface area contributed by atoms with Crippen LogP contribution in [-0.2, 0) is 11.3 Å². The molecule has 5 heteroatoms. The maximum Gasteiger partial charge on any atom is 0.407 e. The summed E-state index contributed by atoms with van der Waals surface area (Å²) in [6.07, 6.45) is 5.66. The zero-order valence-electron chi connectivity index (χ0n) is 17.3. The molecule has 0 unspecified atom stereocenters. The summed E-state index contributed by atoms with van der Waals surface area (Å²) in [7, 11) is 0. The van der Waals surface area contributed by atoms with Crippen LogP contribution < -0.4 is 10.6 Å². The Kier molecular flexibility index (Phi) is 9.08. The molecule has 3 rings (SSSR count). The largest absolute Gasteiger partial charge is 0.444 e. The van der Waals surface area contributed by atoms with E-state index in [4.69, 9.17) is 4.74 Å². The van der Waals surface area contributed by atoms with Crippen LogP contribution in [0.3, 0.4) is 0 Å². The van der Waals surface area contributed by atoms with Gasteiger partial charge in [-0.3, -0.25) is 4.90 Å². The normalized spacial score (nSPS) is 18.9. The summed E-state index contributed by atoms with van der Waals surface area (Å²) in [5.41, 5.74) is 1.03. The molecule has 0 atom stereocenters. The highest BCUT2D eigenvalue weighted by atomic mass is 16.6. The number of nitrogens with zero attached hydrogens (tertiary/aromatic N) is 1. The Morgan fingerprint density at radius 3 is 2.33 bits per heavy atom. The Balaban J connectivity index is 0.000000194. The first-order valence-corrected chi connectivity index (χ1v) is 10.4. The van der Waals surface area contributed by atoms with Gasteiger partial charge in [0.2, 0.25) is 0 Å². The van der Waals surface area contributed by atoms with Crippen LogP contribution in [0.5, 0.6) is 0 Å². The number of amides is 1. The second kappa shape index (κ2) is 11.3. The molecule has 0 aromatic heterocycles. The third kappa shape index (κ3) is 9.78. The molecule has 1 aromatic rings. The first-order chi connectivity index (χ1) is 12.9. The number of carbonyl (C=O) groups excluding carboxylic acids is 1. The van der Waals surface area contributed by atoms with Gasteiger partial charge in [0.1, 0.15) is 5.60 Å². The molecular weight excluding hydrogens is 338 g/mol. The molecule has 1 aromatic carbocycles. The van der Waals surface area contributed by atoms with Crippen LogP contribution in [0.15, 0.2) is 30.3 Å². The first kappa shape index (κ1) is 21.7. The van der Waals surface area contributed by atoms with Gasteiger partial charge < -0.3 is 15.4 Å². The van der Waals surface area contributed by atoms with Crippen molar-refractivity contribution in [3.8, 4) is 0 Å². The van der Waals surface area contributed by atoms with Crippen molar-refractivity contribution in [3.63, 3.8) is 0 Å². The van der Waals surface area contributed by atoms with Crippen molar-refractivity contribution in [2.75, 3.05) is 26.2 Å². The Hall–Kier alpha value is -1.59. The van der Waals surface area contributed by atoms with Gasteiger partial charge in [-0.25, -0.2) is 4.79 Å². The predicted molar refractivity (Wildman–Crippen MR) is 111 cm³/mol. The Labute approximate surface area is 164 Å². The minimum Gasteiger partial charge on any atom is -0.444 e. The molecule has 1 aliphatic carbocycles. The highest BCUT2D eigenvalue weighted by Gasteiger charge is 2.20. The number of hydrogen-bond donors (Lipinski definition) is 2. The number of rotatable bonds is 3. The smallest absolute Gasteiger partial charge is 0.407 e. The lowest BCUT2D eigenvalue weighted by Crippen LogP contribution is -2.42. The lowest BCUT2D eigenvalue weighted by molar-refractivity contribution is 0.0493. The van der Waals surface area contributed by atoms with Crippen LogP contribution in [0.2, 0.25) is 0 Å². The fourth-order valence-electron chi connectivity index (χ4n) is 3.43. The SMILES string of the molecule is CC(C)(C)OC(=O)NC1CCCCC1.c1ccc(CN2CCNCC2)cc1. The molecule has 1 saturated carbocycles. The van der Waals surface area contributed by atoms with Gasteiger partial charge in [-0.2, -0.15) is 0 Å². The van der Waals surface area contributed by atoms with Crippen LogP contribution >= 0.6 is 0 Å². The van der Waals surface area contributed by atoms with E-state index in [0.29, 0.717) is 6.04 Å². The monoisotopic (exact) mass is 375 g/mol. The number of hydrogen-bond acceptors (Lipinski definition) is 4. The van der Waals surface area contributed by atoms with Crippen molar-refractivity contribution in [1.29, 1.82) is 0 Å². The molecule has 1 amide bonds. The van der Waals surface area contributed by atoms with E-state index < -0.39 is 5.60 Å². The van der Waals surface area contributed by atoms with E-state index in [9.17, 15) is 4.79 Å². The molecule has 0 radical (unpaired) electrons. The van der Waals surface area contributed by atoms with Gasteiger partial charge >= 0.3 is 6.09 Å². The van der Waals surface area contributed by atoms with Gasteiger partial charge in [-0.1, -0.05) is 49.6 Å². The number of alkyl carbamates (subject to hydrolysis) is 1. The molecule has 1 aliphatic heterocycles. The molecule has 27 heavy (non-hydrogen) atoms. The van der Waals surface area contributed by atoms with E-state index in [-0.39, 0.29) is 6.09 Å². The predicted octanol–water partition coefficient (Wildman–Crippen LogP) is 3.94. The van der Waals surface area contributed by atoms with Gasteiger partial charge in [-0.05, 0) is 39.2 Å².